The summed E-state index contributed by atoms with van der Waals surface area (Å²) in [5.74, 6) is 1.98. The first kappa shape index (κ1) is 31.1. The maximum absolute atomic E-state index is 4.59. The van der Waals surface area contributed by atoms with Crippen molar-refractivity contribution < 1.29 is 0 Å². The fourth-order valence-corrected chi connectivity index (χ4v) is 7.10. The number of allylic oxidation sites excluding steroid dienone is 4. The van der Waals surface area contributed by atoms with Gasteiger partial charge >= 0.3 is 0 Å². The number of benzene rings is 3. The molecule has 5 rings (SSSR count). The van der Waals surface area contributed by atoms with E-state index in [1.54, 1.807) is 0 Å². The zero-order valence-electron chi connectivity index (χ0n) is 27.2. The molecule has 1 nitrogen and oxygen atoms in total. The minimum Gasteiger partial charge on any atom is -0.337 e. The van der Waals surface area contributed by atoms with Gasteiger partial charge in [-0.15, -0.1) is 0 Å². The van der Waals surface area contributed by atoms with Crippen molar-refractivity contribution in [3.63, 3.8) is 0 Å². The minimum atomic E-state index is 0.337. The molecule has 43 heavy (non-hydrogen) atoms. The van der Waals surface area contributed by atoms with Crippen LogP contribution in [0.3, 0.4) is 0 Å². The molecule has 3 aromatic rings. The summed E-state index contributed by atoms with van der Waals surface area (Å²) in [6, 6.07) is 27.9. The molecule has 1 aliphatic heterocycles. The lowest BCUT2D eigenvalue weighted by atomic mass is 9.76. The van der Waals surface area contributed by atoms with Crippen molar-refractivity contribution in [3.05, 3.63) is 131 Å². The predicted octanol–water partition coefficient (Wildman–Crippen LogP) is 12.0. The lowest BCUT2D eigenvalue weighted by Gasteiger charge is -2.52. The Kier molecular flexibility index (Phi) is 10.8. The van der Waals surface area contributed by atoms with Crippen LogP contribution in [0.15, 0.2) is 103 Å². The van der Waals surface area contributed by atoms with Gasteiger partial charge in [-0.2, -0.15) is 0 Å². The molecular weight excluding hydrogens is 518 g/mol. The third kappa shape index (κ3) is 7.99. The summed E-state index contributed by atoms with van der Waals surface area (Å²) in [5, 5.41) is 0. The normalized spacial score (nSPS) is 20.6. The van der Waals surface area contributed by atoms with Crippen molar-refractivity contribution in [1.29, 1.82) is 0 Å². The van der Waals surface area contributed by atoms with Gasteiger partial charge in [0.15, 0.2) is 0 Å². The van der Waals surface area contributed by atoms with E-state index in [9.17, 15) is 0 Å². The second-order valence-electron chi connectivity index (χ2n) is 13.5. The predicted molar refractivity (Wildman–Crippen MR) is 187 cm³/mol. The summed E-state index contributed by atoms with van der Waals surface area (Å²) < 4.78 is 0. The fourth-order valence-electron chi connectivity index (χ4n) is 7.10. The Morgan fingerprint density at radius 1 is 0.814 bits per heavy atom. The van der Waals surface area contributed by atoms with Crippen molar-refractivity contribution in [2.24, 2.45) is 17.8 Å². The van der Waals surface area contributed by atoms with Crippen LogP contribution in [0.25, 0.3) is 5.57 Å². The molecule has 0 amide bonds. The first-order valence-corrected chi connectivity index (χ1v) is 17.0. The van der Waals surface area contributed by atoms with Crippen molar-refractivity contribution in [2.45, 2.75) is 97.9 Å². The van der Waals surface area contributed by atoms with E-state index < -0.39 is 0 Å². The highest BCUT2D eigenvalue weighted by molar-refractivity contribution is 5.69. The number of hydrogen-bond donors (Lipinski definition) is 0. The highest BCUT2D eigenvalue weighted by atomic mass is 15.2. The number of unbranched alkanes of at least 4 members (excludes halogenated alkanes) is 2. The van der Waals surface area contributed by atoms with Crippen LogP contribution in [-0.4, -0.2) is 0 Å². The molecule has 3 aromatic carbocycles. The van der Waals surface area contributed by atoms with E-state index in [1.807, 2.05) is 0 Å². The van der Waals surface area contributed by atoms with Crippen LogP contribution in [0.5, 0.6) is 0 Å². The molecule has 226 valence electrons. The molecule has 0 aromatic heterocycles. The highest BCUT2D eigenvalue weighted by Crippen LogP contribution is 2.51. The molecule has 4 atom stereocenters. The number of anilines is 1. The van der Waals surface area contributed by atoms with Gasteiger partial charge in [0.25, 0.3) is 0 Å². The smallest absolute Gasteiger partial charge is 0.0670 e. The molecule has 1 heteroatoms. The van der Waals surface area contributed by atoms with E-state index in [1.165, 1.54) is 89.7 Å². The van der Waals surface area contributed by atoms with Crippen LogP contribution in [-0.2, 0) is 6.42 Å². The summed E-state index contributed by atoms with van der Waals surface area (Å²) in [5.41, 5.74) is 10.8. The van der Waals surface area contributed by atoms with Gasteiger partial charge in [-0.25, -0.2) is 0 Å². The Labute approximate surface area is 262 Å². The molecule has 1 heterocycles. The number of nitrogens with zero attached hydrogens (tertiary/aromatic N) is 1. The van der Waals surface area contributed by atoms with Crippen LogP contribution in [0, 0.1) is 31.6 Å². The number of hydrogen-bond acceptors (Lipinski definition) is 1. The first-order valence-electron chi connectivity index (χ1n) is 17.0. The molecule has 2 aliphatic rings. The number of aryl methyl sites for hydroxylation is 3. The second-order valence-corrected chi connectivity index (χ2v) is 13.5. The second kappa shape index (κ2) is 14.9. The lowest BCUT2D eigenvalue weighted by molar-refractivity contribution is 0.341. The van der Waals surface area contributed by atoms with E-state index in [-0.39, 0.29) is 0 Å². The van der Waals surface area contributed by atoms with E-state index in [0.717, 1.165) is 25.2 Å². The molecule has 0 saturated carbocycles. The summed E-state index contributed by atoms with van der Waals surface area (Å²) in [6.45, 7) is 13.7. The van der Waals surface area contributed by atoms with E-state index in [4.69, 9.17) is 0 Å². The van der Waals surface area contributed by atoms with Crippen molar-refractivity contribution in [3.8, 4) is 0 Å². The van der Waals surface area contributed by atoms with E-state index in [0.29, 0.717) is 17.9 Å². The molecular formula is C42H53N. The van der Waals surface area contributed by atoms with Crippen LogP contribution < -0.4 is 4.90 Å². The van der Waals surface area contributed by atoms with Gasteiger partial charge in [0.05, 0.1) is 6.04 Å². The fraction of sp³-hybridized carbons (Fsp3) is 0.429. The lowest BCUT2D eigenvalue weighted by Crippen LogP contribution is -2.47. The maximum atomic E-state index is 4.59. The Hall–Kier alpha value is -3.32. The standard InChI is InChI=1S/C42H53N/c1-6-7-8-11-31(2)18-23-36-13-9-14-39(30-36)37-24-26-38(27-25-37)42-41(15-10-12-35-21-16-32(3)17-22-35)34(5)43(42)40-28-19-33(4)20-29-40/h9,13-14,16-17,19-22,24-29,31,36,41-42H,5-8,10-12,15,18,23,30H2,1-4H3. The summed E-state index contributed by atoms with van der Waals surface area (Å²) in [6.07, 6.45) is 19.8. The zero-order valence-corrected chi connectivity index (χ0v) is 27.2. The van der Waals surface area contributed by atoms with Crippen molar-refractivity contribution in [2.75, 3.05) is 4.90 Å². The first-order chi connectivity index (χ1) is 20.9. The minimum absolute atomic E-state index is 0.337. The van der Waals surface area contributed by atoms with Gasteiger partial charge in [-0.3, -0.25) is 0 Å². The Morgan fingerprint density at radius 2 is 1.51 bits per heavy atom. The van der Waals surface area contributed by atoms with Gasteiger partial charge < -0.3 is 4.90 Å². The molecule has 4 unspecified atom stereocenters. The highest BCUT2D eigenvalue weighted by Gasteiger charge is 2.43. The number of rotatable bonds is 14. The Balaban J connectivity index is 1.25. The van der Waals surface area contributed by atoms with Crippen LogP contribution in [0.1, 0.15) is 105 Å². The molecule has 0 N–H and O–H groups in total. The molecule has 0 bridgehead atoms. The van der Waals surface area contributed by atoms with Gasteiger partial charge in [-0.05, 0) is 92.2 Å². The van der Waals surface area contributed by atoms with Crippen molar-refractivity contribution >= 4 is 11.3 Å². The van der Waals surface area contributed by atoms with Crippen LogP contribution in [0.4, 0.5) is 5.69 Å². The average Bonchev–Trinajstić information content (AvgIpc) is 3.03. The van der Waals surface area contributed by atoms with Gasteiger partial charge in [0.1, 0.15) is 0 Å². The Morgan fingerprint density at radius 3 is 2.21 bits per heavy atom. The summed E-state index contributed by atoms with van der Waals surface area (Å²) >= 11 is 0. The van der Waals surface area contributed by atoms with Gasteiger partial charge in [0, 0.05) is 17.3 Å². The third-order valence-corrected chi connectivity index (χ3v) is 9.93. The summed E-state index contributed by atoms with van der Waals surface area (Å²) in [7, 11) is 0. The van der Waals surface area contributed by atoms with Gasteiger partial charge in [0.2, 0.25) is 0 Å². The van der Waals surface area contributed by atoms with Crippen molar-refractivity contribution in [1.82, 2.24) is 0 Å². The zero-order chi connectivity index (χ0) is 30.2. The van der Waals surface area contributed by atoms with E-state index in [2.05, 4.69) is 130 Å². The average molecular weight is 572 g/mol. The third-order valence-electron chi connectivity index (χ3n) is 9.93. The molecule has 1 fully saturated rings. The SMILES string of the molecule is C=C1C(CCCc2ccc(C)cc2)C(c2ccc(C3=CC=CC(CCC(C)CCCCC)C3)cc2)N1c1ccc(C)cc1. The molecule has 1 saturated heterocycles. The molecule has 0 radical (unpaired) electrons. The van der Waals surface area contributed by atoms with Gasteiger partial charge in [-0.1, -0.05) is 143 Å². The monoisotopic (exact) mass is 571 g/mol. The molecule has 0 spiro atoms. The molecule has 1 aliphatic carbocycles. The maximum Gasteiger partial charge on any atom is 0.0670 e. The van der Waals surface area contributed by atoms with Crippen LogP contribution >= 0.6 is 0 Å². The topological polar surface area (TPSA) is 3.24 Å². The van der Waals surface area contributed by atoms with E-state index >= 15 is 0 Å². The summed E-state index contributed by atoms with van der Waals surface area (Å²) in [4.78, 5) is 2.48. The largest absolute Gasteiger partial charge is 0.337 e. The Bertz CT molecular complexity index is 1370. The quantitative estimate of drug-likeness (QED) is 0.174. The van der Waals surface area contributed by atoms with Crippen LogP contribution in [0.2, 0.25) is 0 Å².